The predicted molar refractivity (Wildman–Crippen MR) is 110 cm³/mol. The highest BCUT2D eigenvalue weighted by atomic mass is 16.5. The van der Waals surface area contributed by atoms with E-state index in [9.17, 15) is 4.79 Å². The molecule has 1 amide bonds. The lowest BCUT2D eigenvalue weighted by atomic mass is 10.1. The van der Waals surface area contributed by atoms with Crippen molar-refractivity contribution in [2.24, 2.45) is 4.99 Å². The summed E-state index contributed by atoms with van der Waals surface area (Å²) in [4.78, 5) is 16.4. The fourth-order valence-corrected chi connectivity index (χ4v) is 2.63. The fourth-order valence-electron chi connectivity index (χ4n) is 2.63. The molecule has 6 nitrogen and oxygen atoms in total. The normalized spacial score (nSPS) is 14.0. The van der Waals surface area contributed by atoms with Crippen LogP contribution in [-0.4, -0.2) is 37.6 Å². The zero-order chi connectivity index (χ0) is 19.5. The topological polar surface area (TPSA) is 74.8 Å². The van der Waals surface area contributed by atoms with Gasteiger partial charge in [0, 0.05) is 31.1 Å². The summed E-state index contributed by atoms with van der Waals surface area (Å²) in [6, 6.07) is 6.67. The highest BCUT2D eigenvalue weighted by Crippen LogP contribution is 2.21. The number of carbonyl (C=O) groups is 1. The number of ether oxygens (including phenoxy) is 1. The van der Waals surface area contributed by atoms with Gasteiger partial charge in [-0.1, -0.05) is 19.1 Å². The molecule has 0 atom stereocenters. The van der Waals surface area contributed by atoms with E-state index in [0.29, 0.717) is 25.6 Å². The molecule has 1 fully saturated rings. The molecule has 27 heavy (non-hydrogen) atoms. The number of hydrogen-bond donors (Lipinski definition) is 3. The van der Waals surface area contributed by atoms with Crippen molar-refractivity contribution in [3.05, 3.63) is 29.3 Å². The third-order valence-electron chi connectivity index (χ3n) is 4.25. The standard InChI is InChI=1S/C21H34N4O2/c1-4-13-27-19-14-16(3)8-9-17(19)15-24-21(22-5-2)23-12-6-7-20(26)25-18-10-11-18/h8-9,14,18H,4-7,10-13,15H2,1-3H3,(H,25,26)(H2,22,23,24). The summed E-state index contributed by atoms with van der Waals surface area (Å²) in [6.45, 7) is 8.99. The first-order valence-electron chi connectivity index (χ1n) is 10.2. The molecule has 1 aliphatic carbocycles. The molecule has 0 aliphatic heterocycles. The molecule has 2 rings (SSSR count). The summed E-state index contributed by atoms with van der Waals surface area (Å²) in [5.41, 5.74) is 2.26. The first-order valence-corrected chi connectivity index (χ1v) is 10.2. The molecular formula is C21H34N4O2. The van der Waals surface area contributed by atoms with Crippen LogP contribution in [0.2, 0.25) is 0 Å². The molecule has 0 bridgehead atoms. The van der Waals surface area contributed by atoms with Crippen molar-refractivity contribution >= 4 is 11.9 Å². The van der Waals surface area contributed by atoms with E-state index in [4.69, 9.17) is 4.74 Å². The summed E-state index contributed by atoms with van der Waals surface area (Å²) in [5.74, 6) is 1.83. The number of guanidine groups is 1. The van der Waals surface area contributed by atoms with Crippen molar-refractivity contribution < 1.29 is 9.53 Å². The maximum Gasteiger partial charge on any atom is 0.220 e. The van der Waals surface area contributed by atoms with Crippen LogP contribution >= 0.6 is 0 Å². The van der Waals surface area contributed by atoms with Crippen LogP contribution in [0.15, 0.2) is 23.2 Å². The Morgan fingerprint density at radius 3 is 2.78 bits per heavy atom. The van der Waals surface area contributed by atoms with E-state index in [2.05, 4.69) is 53.0 Å². The molecule has 0 saturated heterocycles. The highest BCUT2D eigenvalue weighted by molar-refractivity contribution is 5.80. The summed E-state index contributed by atoms with van der Waals surface area (Å²) in [5, 5.41) is 9.58. The number of benzene rings is 1. The first-order chi connectivity index (χ1) is 13.1. The van der Waals surface area contributed by atoms with Crippen LogP contribution in [0.5, 0.6) is 5.75 Å². The molecule has 0 radical (unpaired) electrons. The number of nitrogens with zero attached hydrogens (tertiary/aromatic N) is 1. The number of hydrogen-bond acceptors (Lipinski definition) is 3. The van der Waals surface area contributed by atoms with Gasteiger partial charge in [-0.2, -0.15) is 0 Å². The van der Waals surface area contributed by atoms with Gasteiger partial charge in [0.25, 0.3) is 0 Å². The van der Waals surface area contributed by atoms with Crippen molar-refractivity contribution in [1.29, 1.82) is 0 Å². The van der Waals surface area contributed by atoms with Gasteiger partial charge in [-0.3, -0.25) is 4.79 Å². The van der Waals surface area contributed by atoms with Gasteiger partial charge >= 0.3 is 0 Å². The summed E-state index contributed by atoms with van der Waals surface area (Å²) < 4.78 is 5.87. The predicted octanol–water partition coefficient (Wildman–Crippen LogP) is 2.90. The van der Waals surface area contributed by atoms with E-state index in [1.54, 1.807) is 0 Å². The van der Waals surface area contributed by atoms with Crippen LogP contribution in [0, 0.1) is 6.92 Å². The molecule has 0 heterocycles. The molecule has 150 valence electrons. The maximum atomic E-state index is 11.7. The Morgan fingerprint density at radius 1 is 1.26 bits per heavy atom. The summed E-state index contributed by atoms with van der Waals surface area (Å²) in [6.07, 6.45) is 4.58. The summed E-state index contributed by atoms with van der Waals surface area (Å²) >= 11 is 0. The molecule has 1 aromatic carbocycles. The fraction of sp³-hybridized carbons (Fsp3) is 0.619. The lowest BCUT2D eigenvalue weighted by molar-refractivity contribution is -0.121. The lowest BCUT2D eigenvalue weighted by Gasteiger charge is -2.13. The molecular weight excluding hydrogens is 340 g/mol. The second kappa shape index (κ2) is 11.5. The van der Waals surface area contributed by atoms with Crippen LogP contribution < -0.4 is 20.7 Å². The Balaban J connectivity index is 1.83. The minimum absolute atomic E-state index is 0.151. The second-order valence-corrected chi connectivity index (χ2v) is 7.03. The molecule has 0 aromatic heterocycles. The minimum atomic E-state index is 0.151. The molecule has 0 spiro atoms. The smallest absolute Gasteiger partial charge is 0.220 e. The van der Waals surface area contributed by atoms with Gasteiger partial charge in [0.05, 0.1) is 13.2 Å². The molecule has 1 aromatic rings. The third-order valence-corrected chi connectivity index (χ3v) is 4.25. The summed E-state index contributed by atoms with van der Waals surface area (Å²) in [7, 11) is 0. The quantitative estimate of drug-likeness (QED) is 0.316. The second-order valence-electron chi connectivity index (χ2n) is 7.03. The van der Waals surface area contributed by atoms with Gasteiger partial charge < -0.3 is 20.7 Å². The van der Waals surface area contributed by atoms with Crippen LogP contribution in [0.3, 0.4) is 0 Å². The zero-order valence-electron chi connectivity index (χ0n) is 16.9. The van der Waals surface area contributed by atoms with Crippen molar-refractivity contribution in [2.45, 2.75) is 65.5 Å². The van der Waals surface area contributed by atoms with E-state index >= 15 is 0 Å². The maximum absolute atomic E-state index is 11.7. The van der Waals surface area contributed by atoms with E-state index < -0.39 is 0 Å². The van der Waals surface area contributed by atoms with Crippen molar-refractivity contribution in [2.75, 3.05) is 19.7 Å². The van der Waals surface area contributed by atoms with Crippen molar-refractivity contribution in [1.82, 2.24) is 16.0 Å². The molecule has 6 heteroatoms. The van der Waals surface area contributed by atoms with Crippen molar-refractivity contribution in [3.63, 3.8) is 0 Å². The van der Waals surface area contributed by atoms with Crippen molar-refractivity contribution in [3.8, 4) is 5.75 Å². The minimum Gasteiger partial charge on any atom is -0.493 e. The van der Waals surface area contributed by atoms with Gasteiger partial charge in [0.15, 0.2) is 5.96 Å². The van der Waals surface area contributed by atoms with Gasteiger partial charge in [-0.15, -0.1) is 0 Å². The SMILES string of the molecule is CCCOc1cc(C)ccc1CN=C(NCC)NCCCC(=O)NC1CC1. The van der Waals surface area contributed by atoms with Crippen LogP contribution in [0.25, 0.3) is 0 Å². The number of rotatable bonds is 11. The monoisotopic (exact) mass is 374 g/mol. The van der Waals surface area contributed by atoms with E-state index in [1.807, 2.05) is 6.92 Å². The Hall–Kier alpha value is -2.24. The molecule has 1 saturated carbocycles. The van der Waals surface area contributed by atoms with Crippen LogP contribution in [-0.2, 0) is 11.3 Å². The average Bonchev–Trinajstić information content (AvgIpc) is 3.46. The zero-order valence-corrected chi connectivity index (χ0v) is 16.9. The highest BCUT2D eigenvalue weighted by Gasteiger charge is 2.22. The Morgan fingerprint density at radius 2 is 2.07 bits per heavy atom. The number of nitrogens with one attached hydrogen (secondary N) is 3. The van der Waals surface area contributed by atoms with Gasteiger partial charge in [0.1, 0.15) is 5.75 Å². The van der Waals surface area contributed by atoms with Gasteiger partial charge in [-0.25, -0.2) is 4.99 Å². The Labute approximate surface area is 163 Å². The third kappa shape index (κ3) is 8.33. The largest absolute Gasteiger partial charge is 0.493 e. The molecule has 0 unspecified atom stereocenters. The Kier molecular flexibility index (Phi) is 8.95. The number of aliphatic imine (C=N–C) groups is 1. The van der Waals surface area contributed by atoms with E-state index in [-0.39, 0.29) is 5.91 Å². The van der Waals surface area contributed by atoms with Crippen LogP contribution in [0.4, 0.5) is 0 Å². The van der Waals surface area contributed by atoms with E-state index in [0.717, 1.165) is 56.0 Å². The molecule has 3 N–H and O–H groups in total. The average molecular weight is 375 g/mol. The number of amides is 1. The molecule has 1 aliphatic rings. The number of aryl methyl sites for hydroxylation is 1. The van der Waals surface area contributed by atoms with Crippen LogP contribution in [0.1, 0.15) is 57.1 Å². The first kappa shape index (κ1) is 21.1. The van der Waals surface area contributed by atoms with Gasteiger partial charge in [-0.05, 0) is 51.2 Å². The lowest BCUT2D eigenvalue weighted by Crippen LogP contribution is -2.38. The number of carbonyl (C=O) groups excluding carboxylic acids is 1. The van der Waals surface area contributed by atoms with Gasteiger partial charge in [0.2, 0.25) is 5.91 Å². The van der Waals surface area contributed by atoms with E-state index in [1.165, 1.54) is 5.56 Å². The Bertz CT molecular complexity index is 627.